The molecule has 7 nitrogen and oxygen atoms in total. The van der Waals surface area contributed by atoms with E-state index in [0.29, 0.717) is 25.1 Å². The first-order valence-electron chi connectivity index (χ1n) is 10.2. The van der Waals surface area contributed by atoms with Crippen LogP contribution in [-0.4, -0.2) is 43.5 Å². The average Bonchev–Trinajstić information content (AvgIpc) is 2.79. The van der Waals surface area contributed by atoms with Gasteiger partial charge < -0.3 is 4.90 Å². The number of hydrogen-bond acceptors (Lipinski definition) is 4. The van der Waals surface area contributed by atoms with Gasteiger partial charge in [-0.25, -0.2) is 12.8 Å². The van der Waals surface area contributed by atoms with Crippen LogP contribution in [-0.2, 0) is 14.8 Å². The zero-order valence-electron chi connectivity index (χ0n) is 17.5. The molecular formula is C22H26FN3O4S. The topological polar surface area (TPSA) is 95.6 Å². The quantitative estimate of drug-likeness (QED) is 0.666. The second kappa shape index (κ2) is 9.57. The number of halogens is 1. The van der Waals surface area contributed by atoms with E-state index in [2.05, 4.69) is 10.3 Å². The van der Waals surface area contributed by atoms with Gasteiger partial charge in [-0.05, 0) is 48.6 Å². The number of aryl methyl sites for hydroxylation is 1. The number of hydrazine groups is 1. The monoisotopic (exact) mass is 447 g/mol. The van der Waals surface area contributed by atoms with Crippen LogP contribution in [0, 0.1) is 12.7 Å². The fourth-order valence-corrected chi connectivity index (χ4v) is 4.87. The van der Waals surface area contributed by atoms with Crippen LogP contribution < -0.4 is 10.3 Å². The number of amides is 2. The summed E-state index contributed by atoms with van der Waals surface area (Å²) in [7, 11) is -3.87. The lowest BCUT2D eigenvalue weighted by molar-refractivity contribution is -0.131. The molecule has 0 aromatic heterocycles. The maximum Gasteiger partial charge on any atom is 0.269 e. The zero-order valence-corrected chi connectivity index (χ0v) is 18.3. The van der Waals surface area contributed by atoms with Crippen molar-refractivity contribution in [3.8, 4) is 11.1 Å². The van der Waals surface area contributed by atoms with Gasteiger partial charge in [-0.2, -0.15) is 0 Å². The molecule has 1 saturated heterocycles. The molecule has 31 heavy (non-hydrogen) atoms. The molecule has 1 aliphatic heterocycles. The third kappa shape index (κ3) is 5.29. The van der Waals surface area contributed by atoms with Gasteiger partial charge in [0.1, 0.15) is 5.82 Å². The molecule has 1 heterocycles. The second-order valence-corrected chi connectivity index (χ2v) is 9.52. The summed E-state index contributed by atoms with van der Waals surface area (Å²) in [6.45, 7) is 4.00. The van der Waals surface area contributed by atoms with E-state index < -0.39 is 27.0 Å². The molecule has 0 unspecified atom stereocenters. The molecule has 2 N–H and O–H groups in total. The summed E-state index contributed by atoms with van der Waals surface area (Å²) in [6.07, 6.45) is 0.917. The highest BCUT2D eigenvalue weighted by Gasteiger charge is 2.31. The Labute approximate surface area is 181 Å². The number of nitrogens with one attached hydrogen (secondary N) is 2. The minimum Gasteiger partial charge on any atom is -0.343 e. The molecule has 0 saturated carbocycles. The van der Waals surface area contributed by atoms with Crippen molar-refractivity contribution in [2.45, 2.75) is 38.4 Å². The van der Waals surface area contributed by atoms with Gasteiger partial charge in [-0.1, -0.05) is 37.3 Å². The van der Waals surface area contributed by atoms with Gasteiger partial charge in [0.2, 0.25) is 15.9 Å². The van der Waals surface area contributed by atoms with Crippen molar-refractivity contribution in [1.29, 1.82) is 0 Å². The molecular weight excluding hydrogens is 421 g/mol. The average molecular weight is 448 g/mol. The maximum absolute atomic E-state index is 14.6. The van der Waals surface area contributed by atoms with Gasteiger partial charge in [0, 0.05) is 19.5 Å². The van der Waals surface area contributed by atoms with Crippen LogP contribution in [0.2, 0.25) is 0 Å². The van der Waals surface area contributed by atoms with Gasteiger partial charge in [-0.3, -0.25) is 15.0 Å². The Hall–Kier alpha value is -2.78. The largest absolute Gasteiger partial charge is 0.343 e. The van der Waals surface area contributed by atoms with Crippen LogP contribution in [0.1, 0.15) is 42.1 Å². The number of piperidine rings is 1. The number of benzene rings is 2. The van der Waals surface area contributed by atoms with Crippen LogP contribution in [0.15, 0.2) is 42.5 Å². The van der Waals surface area contributed by atoms with Crippen LogP contribution >= 0.6 is 0 Å². The van der Waals surface area contributed by atoms with Crippen molar-refractivity contribution in [3.63, 3.8) is 0 Å². The molecule has 0 radical (unpaired) electrons. The van der Waals surface area contributed by atoms with Gasteiger partial charge >= 0.3 is 0 Å². The first-order chi connectivity index (χ1) is 14.7. The van der Waals surface area contributed by atoms with E-state index >= 15 is 0 Å². The molecule has 0 bridgehead atoms. The van der Waals surface area contributed by atoms with Gasteiger partial charge in [-0.15, -0.1) is 4.83 Å². The Morgan fingerprint density at radius 3 is 2.35 bits per heavy atom. The van der Waals surface area contributed by atoms with E-state index in [1.807, 2.05) is 30.3 Å². The molecule has 3 rings (SSSR count). The molecule has 0 atom stereocenters. The van der Waals surface area contributed by atoms with E-state index in [1.165, 1.54) is 6.07 Å². The molecule has 2 aromatic rings. The number of likely N-dealkylation sites (tertiary alicyclic amines) is 1. The van der Waals surface area contributed by atoms with Crippen molar-refractivity contribution < 1.29 is 22.4 Å². The Kier molecular flexibility index (Phi) is 7.07. The predicted molar refractivity (Wildman–Crippen MR) is 116 cm³/mol. The number of carbonyl (C=O) groups excluding carboxylic acids is 2. The van der Waals surface area contributed by atoms with Crippen molar-refractivity contribution in [1.82, 2.24) is 15.2 Å². The number of carbonyl (C=O) groups is 2. The number of hydrogen-bond donors (Lipinski definition) is 2. The third-order valence-corrected chi connectivity index (χ3v) is 7.18. The van der Waals surface area contributed by atoms with E-state index in [0.717, 1.165) is 5.56 Å². The minimum absolute atomic E-state index is 0.0127. The first kappa shape index (κ1) is 22.9. The summed E-state index contributed by atoms with van der Waals surface area (Å²) < 4.78 is 39.8. The number of rotatable bonds is 6. The lowest BCUT2D eigenvalue weighted by atomic mass is 9.99. The standard InChI is InChI=1S/C22H26FN3O4S/c1-3-20(27)26-11-9-18(10-12-26)31(29,30)25-24-22(28)19-14-17(13-15(2)21(19)23)16-7-5-4-6-8-16/h4-8,13-14,18,25H,3,9-12H2,1-2H3,(H,24,28). The van der Waals surface area contributed by atoms with Crippen molar-refractivity contribution >= 4 is 21.8 Å². The van der Waals surface area contributed by atoms with E-state index in [9.17, 15) is 22.4 Å². The summed E-state index contributed by atoms with van der Waals surface area (Å²) in [4.78, 5) is 28.1. The maximum atomic E-state index is 14.6. The molecule has 1 aliphatic rings. The van der Waals surface area contributed by atoms with E-state index in [4.69, 9.17) is 0 Å². The number of sulfonamides is 1. The third-order valence-electron chi connectivity index (χ3n) is 5.45. The summed E-state index contributed by atoms with van der Waals surface area (Å²) in [5.74, 6) is -1.59. The molecule has 9 heteroatoms. The summed E-state index contributed by atoms with van der Waals surface area (Å²) in [5, 5.41) is -0.740. The van der Waals surface area contributed by atoms with Crippen LogP contribution in [0.5, 0.6) is 0 Å². The lowest BCUT2D eigenvalue weighted by Gasteiger charge is -2.31. The fourth-order valence-electron chi connectivity index (χ4n) is 3.64. The van der Waals surface area contributed by atoms with Crippen molar-refractivity contribution in [2.24, 2.45) is 0 Å². The Morgan fingerprint density at radius 2 is 1.74 bits per heavy atom. The molecule has 0 aliphatic carbocycles. The fraction of sp³-hybridized carbons (Fsp3) is 0.364. The second-order valence-electron chi connectivity index (χ2n) is 7.56. The highest BCUT2D eigenvalue weighted by Crippen LogP contribution is 2.25. The Balaban J connectivity index is 1.69. The van der Waals surface area contributed by atoms with Gasteiger partial charge in [0.15, 0.2) is 0 Å². The molecule has 1 fully saturated rings. The van der Waals surface area contributed by atoms with Crippen molar-refractivity contribution in [2.75, 3.05) is 13.1 Å². The summed E-state index contributed by atoms with van der Waals surface area (Å²) >= 11 is 0. The van der Waals surface area contributed by atoms with Crippen LogP contribution in [0.25, 0.3) is 11.1 Å². The summed E-state index contributed by atoms with van der Waals surface area (Å²) in [5.41, 5.74) is 3.63. The molecule has 2 aromatic carbocycles. The van der Waals surface area contributed by atoms with Crippen LogP contribution in [0.3, 0.4) is 0 Å². The van der Waals surface area contributed by atoms with E-state index in [1.54, 1.807) is 24.8 Å². The first-order valence-corrected chi connectivity index (χ1v) is 11.7. The molecule has 0 spiro atoms. The normalized spacial score (nSPS) is 15.0. The highest BCUT2D eigenvalue weighted by molar-refractivity contribution is 7.90. The van der Waals surface area contributed by atoms with Gasteiger partial charge in [0.05, 0.1) is 10.8 Å². The number of nitrogens with zero attached hydrogens (tertiary/aromatic N) is 1. The minimum atomic E-state index is -3.87. The van der Waals surface area contributed by atoms with Gasteiger partial charge in [0.25, 0.3) is 5.91 Å². The summed E-state index contributed by atoms with van der Waals surface area (Å²) in [6, 6.07) is 12.2. The Morgan fingerprint density at radius 1 is 1.10 bits per heavy atom. The van der Waals surface area contributed by atoms with Crippen LogP contribution in [0.4, 0.5) is 4.39 Å². The molecule has 2 amide bonds. The lowest BCUT2D eigenvalue weighted by Crippen LogP contribution is -2.50. The molecule has 166 valence electrons. The highest BCUT2D eigenvalue weighted by atomic mass is 32.2. The SMILES string of the molecule is CCC(=O)N1CCC(S(=O)(=O)NNC(=O)c2cc(-c3ccccc3)cc(C)c2F)CC1. The zero-order chi connectivity index (χ0) is 22.6. The Bertz CT molecular complexity index is 1070. The predicted octanol–water partition coefficient (Wildman–Crippen LogP) is 2.77. The van der Waals surface area contributed by atoms with Crippen molar-refractivity contribution in [3.05, 3.63) is 59.4 Å². The van der Waals surface area contributed by atoms with E-state index in [-0.39, 0.29) is 29.9 Å². The smallest absolute Gasteiger partial charge is 0.269 e.